The maximum atomic E-state index is 11.7. The molecule has 2 aliphatic rings. The first-order valence-electron chi connectivity index (χ1n) is 9.85. The van der Waals surface area contributed by atoms with Gasteiger partial charge in [-0.15, -0.1) is 0 Å². The molecule has 2 fully saturated rings. The third-order valence-corrected chi connectivity index (χ3v) is 6.18. The standard InChI is InChI=1S/C21H22ClN5O2S/c22-16-3-1-2-15(10-16)13-23-12-14-5-8-27(9-6-14)20-24-7-4-17(25-20)11-18-19(28)26-21(29)30-18/h1-4,7,10-11,14,23H,5-6,8-9,12-13H2,(H,26,28,29)/b18-11+. The highest BCUT2D eigenvalue weighted by atomic mass is 35.5. The van der Waals surface area contributed by atoms with Gasteiger partial charge in [-0.2, -0.15) is 0 Å². The van der Waals surface area contributed by atoms with Gasteiger partial charge in [-0.1, -0.05) is 23.7 Å². The largest absolute Gasteiger partial charge is 0.341 e. The lowest BCUT2D eigenvalue weighted by Gasteiger charge is -2.32. The van der Waals surface area contributed by atoms with Crippen molar-refractivity contribution in [2.24, 2.45) is 5.92 Å². The lowest BCUT2D eigenvalue weighted by atomic mass is 9.97. The average Bonchev–Trinajstić information content (AvgIpc) is 3.05. The molecule has 4 rings (SSSR count). The first-order chi connectivity index (χ1) is 14.6. The van der Waals surface area contributed by atoms with E-state index in [0.717, 1.165) is 55.8 Å². The number of piperidine rings is 1. The summed E-state index contributed by atoms with van der Waals surface area (Å²) in [5, 5.41) is 6.19. The Hall–Kier alpha value is -2.42. The van der Waals surface area contributed by atoms with Crippen LogP contribution in [0.15, 0.2) is 41.4 Å². The minimum Gasteiger partial charge on any atom is -0.341 e. The van der Waals surface area contributed by atoms with Crippen LogP contribution in [0.25, 0.3) is 6.08 Å². The van der Waals surface area contributed by atoms with Crippen molar-refractivity contribution in [3.05, 3.63) is 57.7 Å². The molecule has 30 heavy (non-hydrogen) atoms. The van der Waals surface area contributed by atoms with E-state index in [-0.39, 0.29) is 11.1 Å². The predicted molar refractivity (Wildman–Crippen MR) is 119 cm³/mol. The number of benzene rings is 1. The third-order valence-electron chi connectivity index (χ3n) is 5.13. The number of carbonyl (C=O) groups is 2. The second kappa shape index (κ2) is 9.59. The van der Waals surface area contributed by atoms with E-state index >= 15 is 0 Å². The number of carbonyl (C=O) groups excluding carboxylic acids is 2. The zero-order valence-electron chi connectivity index (χ0n) is 16.3. The van der Waals surface area contributed by atoms with Crippen molar-refractivity contribution in [3.63, 3.8) is 0 Å². The summed E-state index contributed by atoms with van der Waals surface area (Å²) in [5.74, 6) is 0.885. The van der Waals surface area contributed by atoms with E-state index < -0.39 is 0 Å². The highest BCUT2D eigenvalue weighted by Crippen LogP contribution is 2.26. The molecule has 0 aliphatic carbocycles. The van der Waals surface area contributed by atoms with Crippen LogP contribution in [-0.2, 0) is 11.3 Å². The normalized spacial score (nSPS) is 18.8. The Morgan fingerprint density at radius 1 is 1.27 bits per heavy atom. The quantitative estimate of drug-likeness (QED) is 0.661. The highest BCUT2D eigenvalue weighted by Gasteiger charge is 2.25. The van der Waals surface area contributed by atoms with Crippen molar-refractivity contribution in [1.29, 1.82) is 0 Å². The first-order valence-corrected chi connectivity index (χ1v) is 11.0. The van der Waals surface area contributed by atoms with Gasteiger partial charge < -0.3 is 10.2 Å². The summed E-state index contributed by atoms with van der Waals surface area (Å²) in [6, 6.07) is 9.65. The Morgan fingerprint density at radius 3 is 2.83 bits per heavy atom. The van der Waals surface area contributed by atoms with Crippen molar-refractivity contribution in [3.8, 4) is 0 Å². The van der Waals surface area contributed by atoms with Gasteiger partial charge >= 0.3 is 0 Å². The van der Waals surface area contributed by atoms with Crippen molar-refractivity contribution < 1.29 is 9.59 Å². The predicted octanol–water partition coefficient (Wildman–Crippen LogP) is 3.46. The lowest BCUT2D eigenvalue weighted by molar-refractivity contribution is -0.115. The molecule has 2 aromatic rings. The Kier molecular flexibility index (Phi) is 6.66. The number of imide groups is 1. The second-order valence-electron chi connectivity index (χ2n) is 7.32. The minimum atomic E-state index is -0.378. The molecule has 7 nitrogen and oxygen atoms in total. The average molecular weight is 444 g/mol. The van der Waals surface area contributed by atoms with E-state index in [0.29, 0.717) is 22.5 Å². The van der Waals surface area contributed by atoms with Crippen molar-refractivity contribution in [1.82, 2.24) is 20.6 Å². The van der Waals surface area contributed by atoms with Crippen molar-refractivity contribution in [2.45, 2.75) is 19.4 Å². The summed E-state index contributed by atoms with van der Waals surface area (Å²) in [6.07, 6.45) is 5.43. The Morgan fingerprint density at radius 2 is 2.10 bits per heavy atom. The van der Waals surface area contributed by atoms with Gasteiger partial charge in [0.25, 0.3) is 11.1 Å². The number of anilines is 1. The molecule has 1 aromatic carbocycles. The third kappa shape index (κ3) is 5.38. The fraction of sp³-hybridized carbons (Fsp3) is 0.333. The molecule has 0 spiro atoms. The SMILES string of the molecule is O=C1NC(=O)/C(=C\c2ccnc(N3CCC(CNCc4cccc(Cl)c4)CC3)n2)S1. The minimum absolute atomic E-state index is 0.355. The van der Waals surface area contributed by atoms with E-state index in [1.54, 1.807) is 18.3 Å². The summed E-state index contributed by atoms with van der Waals surface area (Å²) in [5.41, 5.74) is 1.81. The maximum Gasteiger partial charge on any atom is 0.290 e. The van der Waals surface area contributed by atoms with Gasteiger partial charge in [0.05, 0.1) is 10.6 Å². The van der Waals surface area contributed by atoms with Crippen molar-refractivity contribution >= 4 is 46.5 Å². The molecule has 3 heterocycles. The fourth-order valence-electron chi connectivity index (χ4n) is 3.55. The van der Waals surface area contributed by atoms with E-state index in [4.69, 9.17) is 11.6 Å². The number of rotatable bonds is 6. The molecule has 9 heteroatoms. The van der Waals surface area contributed by atoms with Crippen LogP contribution in [0.4, 0.5) is 10.7 Å². The van der Waals surface area contributed by atoms with Gasteiger partial charge in [0.2, 0.25) is 5.95 Å². The van der Waals surface area contributed by atoms with Crippen LogP contribution >= 0.6 is 23.4 Å². The number of thioether (sulfide) groups is 1. The number of nitrogens with zero attached hydrogens (tertiary/aromatic N) is 3. The number of hydrogen-bond acceptors (Lipinski definition) is 7. The van der Waals surface area contributed by atoms with Gasteiger partial charge in [0.15, 0.2) is 0 Å². The summed E-state index contributed by atoms with van der Waals surface area (Å²) >= 11 is 6.92. The number of halogens is 1. The van der Waals surface area contributed by atoms with E-state index in [2.05, 4.69) is 31.6 Å². The molecule has 2 N–H and O–H groups in total. The number of amides is 2. The van der Waals surface area contributed by atoms with Crippen molar-refractivity contribution in [2.75, 3.05) is 24.5 Å². The highest BCUT2D eigenvalue weighted by molar-refractivity contribution is 8.18. The molecule has 1 aromatic heterocycles. The molecular weight excluding hydrogens is 422 g/mol. The smallest absolute Gasteiger partial charge is 0.290 e. The summed E-state index contributed by atoms with van der Waals surface area (Å²) in [6.45, 7) is 3.55. The van der Waals surface area contributed by atoms with Crippen LogP contribution in [0, 0.1) is 5.92 Å². The molecule has 0 unspecified atom stereocenters. The monoisotopic (exact) mass is 443 g/mol. The second-order valence-corrected chi connectivity index (χ2v) is 8.78. The topological polar surface area (TPSA) is 87.2 Å². The molecule has 0 saturated carbocycles. The molecule has 0 atom stereocenters. The Bertz CT molecular complexity index is 975. The first kappa shape index (κ1) is 20.8. The van der Waals surface area contributed by atoms with Crippen LogP contribution < -0.4 is 15.5 Å². The van der Waals surface area contributed by atoms with Crippen LogP contribution in [-0.4, -0.2) is 40.7 Å². The van der Waals surface area contributed by atoms with Crippen LogP contribution in [0.2, 0.25) is 5.02 Å². The molecule has 2 saturated heterocycles. The zero-order chi connectivity index (χ0) is 20.9. The number of aromatic nitrogens is 2. The zero-order valence-corrected chi connectivity index (χ0v) is 17.9. The van der Waals surface area contributed by atoms with Gasteiger partial charge in [-0.3, -0.25) is 14.9 Å². The van der Waals surface area contributed by atoms with E-state index in [9.17, 15) is 9.59 Å². The molecule has 0 bridgehead atoms. The van der Waals surface area contributed by atoms with Crippen LogP contribution in [0.1, 0.15) is 24.1 Å². The molecule has 0 radical (unpaired) electrons. The number of hydrogen-bond donors (Lipinski definition) is 2. The molecule has 2 amide bonds. The molecule has 2 aliphatic heterocycles. The lowest BCUT2D eigenvalue weighted by Crippen LogP contribution is -2.38. The van der Waals surface area contributed by atoms with Crippen LogP contribution in [0.3, 0.4) is 0 Å². The number of nitrogens with one attached hydrogen (secondary N) is 2. The van der Waals surface area contributed by atoms with E-state index in [1.165, 1.54) is 5.56 Å². The van der Waals surface area contributed by atoms with Gasteiger partial charge in [-0.25, -0.2) is 9.97 Å². The summed E-state index contributed by atoms with van der Waals surface area (Å²) in [7, 11) is 0. The maximum absolute atomic E-state index is 11.7. The summed E-state index contributed by atoms with van der Waals surface area (Å²) in [4.78, 5) is 34.5. The Labute approximate surface area is 184 Å². The van der Waals surface area contributed by atoms with Crippen LogP contribution in [0.5, 0.6) is 0 Å². The molecular formula is C21H22ClN5O2S. The van der Waals surface area contributed by atoms with E-state index in [1.807, 2.05) is 18.2 Å². The Balaban J connectivity index is 1.28. The van der Waals surface area contributed by atoms with Gasteiger partial charge in [0.1, 0.15) is 0 Å². The van der Waals surface area contributed by atoms with Gasteiger partial charge in [-0.05, 0) is 66.9 Å². The van der Waals surface area contributed by atoms with Gasteiger partial charge in [0, 0.05) is 30.9 Å². The fourth-order valence-corrected chi connectivity index (χ4v) is 4.43. The molecule has 156 valence electrons. The summed E-state index contributed by atoms with van der Waals surface area (Å²) < 4.78 is 0.